The van der Waals surface area contributed by atoms with Gasteiger partial charge in [0.15, 0.2) is 0 Å². The summed E-state index contributed by atoms with van der Waals surface area (Å²) >= 11 is 0. The van der Waals surface area contributed by atoms with Crippen LogP contribution in [-0.2, 0) is 14.3 Å². The lowest BCUT2D eigenvalue weighted by atomic mass is 10.1. The molecular formula is C11H13F2NO3. The number of esters is 1. The van der Waals surface area contributed by atoms with Crippen molar-refractivity contribution in [2.75, 3.05) is 20.3 Å². The summed E-state index contributed by atoms with van der Waals surface area (Å²) in [6, 6.07) is 2.34. The predicted molar refractivity (Wildman–Crippen MR) is 56.1 cm³/mol. The van der Waals surface area contributed by atoms with E-state index in [4.69, 9.17) is 10.5 Å². The van der Waals surface area contributed by atoms with Crippen LogP contribution in [0.3, 0.4) is 0 Å². The SMILES string of the molecule is COC(=O)COCC(N)c1ccc(F)cc1F. The fourth-order valence-electron chi connectivity index (χ4n) is 1.22. The quantitative estimate of drug-likeness (QED) is 0.790. The van der Waals surface area contributed by atoms with Gasteiger partial charge in [0.25, 0.3) is 0 Å². The summed E-state index contributed by atoms with van der Waals surface area (Å²) in [5.41, 5.74) is 5.77. The third-order valence-corrected chi connectivity index (χ3v) is 2.11. The first kappa shape index (κ1) is 13.5. The monoisotopic (exact) mass is 245 g/mol. The fraction of sp³-hybridized carbons (Fsp3) is 0.364. The maximum atomic E-state index is 13.3. The number of hydrogen-bond acceptors (Lipinski definition) is 4. The van der Waals surface area contributed by atoms with Gasteiger partial charge < -0.3 is 15.2 Å². The van der Waals surface area contributed by atoms with Gasteiger partial charge in [0.2, 0.25) is 0 Å². The van der Waals surface area contributed by atoms with Crippen LogP contribution in [0.2, 0.25) is 0 Å². The van der Waals surface area contributed by atoms with Crippen LogP contribution in [-0.4, -0.2) is 26.3 Å². The van der Waals surface area contributed by atoms with E-state index in [1.165, 1.54) is 13.2 Å². The Morgan fingerprint density at radius 2 is 2.18 bits per heavy atom. The van der Waals surface area contributed by atoms with Gasteiger partial charge >= 0.3 is 5.97 Å². The van der Waals surface area contributed by atoms with E-state index in [1.807, 2.05) is 0 Å². The normalized spacial score (nSPS) is 12.2. The number of hydrogen-bond donors (Lipinski definition) is 1. The minimum absolute atomic E-state index is 0.0579. The van der Waals surface area contributed by atoms with Gasteiger partial charge in [0.05, 0.1) is 19.8 Å². The number of halogens is 2. The van der Waals surface area contributed by atoms with Crippen molar-refractivity contribution in [1.82, 2.24) is 0 Å². The second kappa shape index (κ2) is 6.27. The minimum Gasteiger partial charge on any atom is -0.467 e. The van der Waals surface area contributed by atoms with E-state index >= 15 is 0 Å². The molecule has 0 aliphatic rings. The lowest BCUT2D eigenvalue weighted by Crippen LogP contribution is -2.21. The summed E-state index contributed by atoms with van der Waals surface area (Å²) < 4.78 is 35.2. The second-order valence-corrected chi connectivity index (χ2v) is 3.36. The Kier molecular flexibility index (Phi) is 4.99. The highest BCUT2D eigenvalue weighted by Crippen LogP contribution is 2.16. The third-order valence-electron chi connectivity index (χ3n) is 2.11. The average Bonchev–Trinajstić information content (AvgIpc) is 2.28. The Balaban J connectivity index is 2.52. The summed E-state index contributed by atoms with van der Waals surface area (Å²) in [7, 11) is 1.23. The molecule has 6 heteroatoms. The molecule has 4 nitrogen and oxygen atoms in total. The molecule has 0 bridgehead atoms. The summed E-state index contributed by atoms with van der Waals surface area (Å²) in [5.74, 6) is -1.95. The molecular weight excluding hydrogens is 232 g/mol. The Morgan fingerprint density at radius 1 is 1.47 bits per heavy atom. The molecule has 1 unspecified atom stereocenters. The lowest BCUT2D eigenvalue weighted by Gasteiger charge is -2.12. The van der Waals surface area contributed by atoms with Gasteiger partial charge in [-0.25, -0.2) is 13.6 Å². The maximum absolute atomic E-state index is 13.3. The molecule has 2 N–H and O–H groups in total. The molecule has 1 aromatic carbocycles. The molecule has 1 atom stereocenters. The largest absolute Gasteiger partial charge is 0.467 e. The zero-order valence-electron chi connectivity index (χ0n) is 9.28. The van der Waals surface area contributed by atoms with Crippen LogP contribution in [0.1, 0.15) is 11.6 Å². The molecule has 0 amide bonds. The highest BCUT2D eigenvalue weighted by Gasteiger charge is 2.13. The van der Waals surface area contributed by atoms with Crippen molar-refractivity contribution in [2.24, 2.45) is 5.73 Å². The number of methoxy groups -OCH3 is 1. The van der Waals surface area contributed by atoms with E-state index in [-0.39, 0.29) is 18.8 Å². The number of nitrogens with two attached hydrogens (primary N) is 1. The molecule has 0 fully saturated rings. The topological polar surface area (TPSA) is 61.5 Å². The Labute approximate surface area is 97.3 Å². The first-order valence-electron chi connectivity index (χ1n) is 4.89. The van der Waals surface area contributed by atoms with E-state index in [1.54, 1.807) is 0 Å². The standard InChI is InChI=1S/C11H13F2NO3/c1-16-11(15)6-17-5-10(14)8-3-2-7(12)4-9(8)13/h2-4,10H,5-6,14H2,1H3. The Morgan fingerprint density at radius 3 is 2.76 bits per heavy atom. The van der Waals surface area contributed by atoms with Crippen LogP contribution in [0.25, 0.3) is 0 Å². The molecule has 0 heterocycles. The highest BCUT2D eigenvalue weighted by molar-refractivity contribution is 5.70. The molecule has 0 aliphatic carbocycles. The van der Waals surface area contributed by atoms with Gasteiger partial charge in [-0.2, -0.15) is 0 Å². The van der Waals surface area contributed by atoms with Crippen LogP contribution in [0.4, 0.5) is 8.78 Å². The summed E-state index contributed by atoms with van der Waals surface area (Å²) in [5, 5.41) is 0. The number of carbonyl (C=O) groups excluding carboxylic acids is 1. The van der Waals surface area contributed by atoms with E-state index in [9.17, 15) is 13.6 Å². The molecule has 1 aromatic rings. The van der Waals surface area contributed by atoms with Crippen LogP contribution in [0.15, 0.2) is 18.2 Å². The van der Waals surface area contributed by atoms with Crippen molar-refractivity contribution in [1.29, 1.82) is 0 Å². The molecule has 17 heavy (non-hydrogen) atoms. The van der Waals surface area contributed by atoms with Crippen molar-refractivity contribution in [2.45, 2.75) is 6.04 Å². The number of carbonyl (C=O) groups is 1. The number of rotatable bonds is 5. The van der Waals surface area contributed by atoms with Crippen LogP contribution in [0, 0.1) is 11.6 Å². The Hall–Kier alpha value is -1.53. The summed E-state index contributed by atoms with van der Waals surface area (Å²) in [6.45, 7) is -0.315. The Bertz CT molecular complexity index is 398. The first-order valence-corrected chi connectivity index (χ1v) is 4.89. The third kappa shape index (κ3) is 4.08. The van der Waals surface area contributed by atoms with Crippen molar-refractivity contribution in [3.8, 4) is 0 Å². The number of ether oxygens (including phenoxy) is 2. The smallest absolute Gasteiger partial charge is 0.331 e. The molecule has 0 saturated heterocycles. The first-order chi connectivity index (χ1) is 8.04. The molecule has 94 valence electrons. The van der Waals surface area contributed by atoms with Gasteiger partial charge in [0, 0.05) is 11.6 Å². The number of benzene rings is 1. The lowest BCUT2D eigenvalue weighted by molar-refractivity contribution is -0.146. The van der Waals surface area contributed by atoms with Gasteiger partial charge in [-0.3, -0.25) is 0 Å². The van der Waals surface area contributed by atoms with Crippen molar-refractivity contribution < 1.29 is 23.0 Å². The van der Waals surface area contributed by atoms with Gasteiger partial charge in [-0.05, 0) is 6.07 Å². The average molecular weight is 245 g/mol. The molecule has 1 rings (SSSR count). The van der Waals surface area contributed by atoms with Crippen LogP contribution >= 0.6 is 0 Å². The predicted octanol–water partition coefficient (Wildman–Crippen LogP) is 1.15. The second-order valence-electron chi connectivity index (χ2n) is 3.36. The van der Waals surface area contributed by atoms with E-state index in [0.717, 1.165) is 12.1 Å². The van der Waals surface area contributed by atoms with Gasteiger partial charge in [-0.1, -0.05) is 6.07 Å². The molecule has 0 aromatic heterocycles. The molecule has 0 radical (unpaired) electrons. The van der Waals surface area contributed by atoms with E-state index < -0.39 is 23.6 Å². The van der Waals surface area contributed by atoms with Gasteiger partial charge in [0.1, 0.15) is 18.2 Å². The molecule has 0 saturated carbocycles. The van der Waals surface area contributed by atoms with Gasteiger partial charge in [-0.15, -0.1) is 0 Å². The fourth-order valence-corrected chi connectivity index (χ4v) is 1.22. The highest BCUT2D eigenvalue weighted by atomic mass is 19.1. The van der Waals surface area contributed by atoms with Crippen molar-refractivity contribution >= 4 is 5.97 Å². The minimum atomic E-state index is -0.764. The van der Waals surface area contributed by atoms with Crippen LogP contribution in [0.5, 0.6) is 0 Å². The maximum Gasteiger partial charge on any atom is 0.331 e. The van der Waals surface area contributed by atoms with Crippen molar-refractivity contribution in [3.05, 3.63) is 35.4 Å². The summed E-state index contributed by atoms with van der Waals surface area (Å²) in [4.78, 5) is 10.7. The summed E-state index contributed by atoms with van der Waals surface area (Å²) in [6.07, 6.45) is 0. The zero-order valence-corrected chi connectivity index (χ0v) is 9.28. The molecule has 0 spiro atoms. The zero-order chi connectivity index (χ0) is 12.8. The van der Waals surface area contributed by atoms with E-state index in [2.05, 4.69) is 4.74 Å². The van der Waals surface area contributed by atoms with Crippen molar-refractivity contribution in [3.63, 3.8) is 0 Å². The van der Waals surface area contributed by atoms with E-state index in [0.29, 0.717) is 0 Å². The van der Waals surface area contributed by atoms with Crippen LogP contribution < -0.4 is 5.73 Å². The molecule has 0 aliphatic heterocycles.